The van der Waals surface area contributed by atoms with Gasteiger partial charge in [0.2, 0.25) is 0 Å². The quantitative estimate of drug-likeness (QED) is 0.835. The third-order valence-electron chi connectivity index (χ3n) is 5.15. The van der Waals surface area contributed by atoms with Crippen molar-refractivity contribution in [2.45, 2.75) is 39.7 Å². The van der Waals surface area contributed by atoms with Gasteiger partial charge in [-0.05, 0) is 49.7 Å². The minimum atomic E-state index is -0.190. The molecule has 1 heterocycles. The zero-order valence-electron chi connectivity index (χ0n) is 13.0. The molecule has 0 radical (unpaired) electrons. The van der Waals surface area contributed by atoms with Crippen LogP contribution < -0.4 is 5.32 Å². The predicted octanol–water partition coefficient (Wildman–Crippen LogP) is 2.93. The van der Waals surface area contributed by atoms with Gasteiger partial charge in [0.1, 0.15) is 0 Å². The summed E-state index contributed by atoms with van der Waals surface area (Å²) in [6.45, 7) is 7.75. The molecular formula is C17H24N2O2. The van der Waals surface area contributed by atoms with Gasteiger partial charge in [-0.1, -0.05) is 24.6 Å². The molecule has 2 amide bonds. The lowest BCUT2D eigenvalue weighted by molar-refractivity contribution is 0.152. The predicted molar refractivity (Wildman–Crippen MR) is 83.3 cm³/mol. The van der Waals surface area contributed by atoms with Crippen molar-refractivity contribution in [1.82, 2.24) is 4.90 Å². The highest BCUT2D eigenvalue weighted by Gasteiger charge is 2.50. The number of anilines is 1. The van der Waals surface area contributed by atoms with Gasteiger partial charge in [0, 0.05) is 18.8 Å². The Bertz CT molecular complexity index is 572. The summed E-state index contributed by atoms with van der Waals surface area (Å²) in [6, 6.07) is 6.03. The average Bonchev–Trinajstić information content (AvgIpc) is 2.83. The van der Waals surface area contributed by atoms with E-state index >= 15 is 0 Å². The first-order valence-electron chi connectivity index (χ1n) is 7.69. The van der Waals surface area contributed by atoms with E-state index in [0.717, 1.165) is 37.2 Å². The van der Waals surface area contributed by atoms with Crippen molar-refractivity contribution in [2.24, 2.45) is 11.3 Å². The summed E-state index contributed by atoms with van der Waals surface area (Å²) in [5.41, 5.74) is 3.25. The van der Waals surface area contributed by atoms with Crippen LogP contribution in [0.3, 0.4) is 0 Å². The molecule has 1 saturated carbocycles. The van der Waals surface area contributed by atoms with E-state index < -0.39 is 0 Å². The summed E-state index contributed by atoms with van der Waals surface area (Å²) in [4.78, 5) is 14.4. The molecular weight excluding hydrogens is 264 g/mol. The first-order valence-corrected chi connectivity index (χ1v) is 7.69. The molecule has 0 aromatic heterocycles. The highest BCUT2D eigenvalue weighted by Crippen LogP contribution is 2.48. The Labute approximate surface area is 126 Å². The van der Waals surface area contributed by atoms with Gasteiger partial charge >= 0.3 is 6.03 Å². The minimum absolute atomic E-state index is 0.0212. The second-order valence-corrected chi connectivity index (χ2v) is 7.07. The fourth-order valence-corrected chi connectivity index (χ4v) is 3.96. The number of aliphatic hydroxyl groups is 1. The van der Waals surface area contributed by atoms with Crippen molar-refractivity contribution < 1.29 is 9.90 Å². The SMILES string of the molecule is Cc1ccc(NC(=O)N2C[C@@H]3CC(O)C[C@]3(C)C2)c(C)c1. The second-order valence-electron chi connectivity index (χ2n) is 7.07. The molecule has 0 bridgehead atoms. The Morgan fingerprint density at radius 3 is 2.86 bits per heavy atom. The van der Waals surface area contributed by atoms with Crippen LogP contribution in [0, 0.1) is 25.2 Å². The number of nitrogens with one attached hydrogen (secondary N) is 1. The summed E-state index contributed by atoms with van der Waals surface area (Å²) in [5.74, 6) is 0.428. The van der Waals surface area contributed by atoms with E-state index in [0.29, 0.717) is 5.92 Å². The normalized spacial score (nSPS) is 31.3. The third kappa shape index (κ3) is 2.64. The molecule has 21 heavy (non-hydrogen) atoms. The van der Waals surface area contributed by atoms with E-state index in [1.807, 2.05) is 30.9 Å². The van der Waals surface area contributed by atoms with Gasteiger partial charge in [-0.2, -0.15) is 0 Å². The summed E-state index contributed by atoms with van der Waals surface area (Å²) < 4.78 is 0. The molecule has 3 rings (SSSR count). The maximum atomic E-state index is 12.5. The highest BCUT2D eigenvalue weighted by molar-refractivity contribution is 5.90. The molecule has 1 aliphatic carbocycles. The van der Waals surface area contributed by atoms with E-state index in [2.05, 4.69) is 18.3 Å². The fourth-order valence-electron chi connectivity index (χ4n) is 3.96. The molecule has 1 aromatic rings. The Kier molecular flexibility index (Phi) is 3.44. The molecule has 114 valence electrons. The van der Waals surface area contributed by atoms with Crippen LogP contribution in [0.5, 0.6) is 0 Å². The van der Waals surface area contributed by atoms with Gasteiger partial charge in [0.25, 0.3) is 0 Å². The Morgan fingerprint density at radius 1 is 1.43 bits per heavy atom. The number of hydrogen-bond acceptors (Lipinski definition) is 2. The molecule has 4 heteroatoms. The number of benzene rings is 1. The largest absolute Gasteiger partial charge is 0.393 e. The first kappa shape index (κ1) is 14.4. The number of likely N-dealkylation sites (tertiary alicyclic amines) is 1. The van der Waals surface area contributed by atoms with Gasteiger partial charge < -0.3 is 15.3 Å². The lowest BCUT2D eigenvalue weighted by Crippen LogP contribution is -2.35. The summed E-state index contributed by atoms with van der Waals surface area (Å²) in [6.07, 6.45) is 1.44. The van der Waals surface area contributed by atoms with Crippen LogP contribution in [0.25, 0.3) is 0 Å². The molecule has 2 N–H and O–H groups in total. The van der Waals surface area contributed by atoms with Gasteiger partial charge in [0.15, 0.2) is 0 Å². The lowest BCUT2D eigenvalue weighted by Gasteiger charge is -2.23. The van der Waals surface area contributed by atoms with Crippen molar-refractivity contribution >= 4 is 11.7 Å². The van der Waals surface area contributed by atoms with Crippen LogP contribution in [-0.2, 0) is 0 Å². The van der Waals surface area contributed by atoms with Crippen molar-refractivity contribution in [2.75, 3.05) is 18.4 Å². The van der Waals surface area contributed by atoms with E-state index in [1.165, 1.54) is 5.56 Å². The molecule has 1 unspecified atom stereocenters. The summed E-state index contributed by atoms with van der Waals surface area (Å²) in [7, 11) is 0. The average molecular weight is 288 g/mol. The summed E-state index contributed by atoms with van der Waals surface area (Å²) >= 11 is 0. The zero-order valence-corrected chi connectivity index (χ0v) is 13.0. The van der Waals surface area contributed by atoms with Crippen LogP contribution in [0.1, 0.15) is 30.9 Å². The Hall–Kier alpha value is -1.55. The number of carbonyl (C=O) groups is 1. The van der Waals surface area contributed by atoms with Crippen LogP contribution in [0.2, 0.25) is 0 Å². The molecule has 1 aromatic carbocycles. The monoisotopic (exact) mass is 288 g/mol. The van der Waals surface area contributed by atoms with Crippen molar-refractivity contribution in [3.63, 3.8) is 0 Å². The van der Waals surface area contributed by atoms with Gasteiger partial charge in [-0.15, -0.1) is 0 Å². The number of aryl methyl sites for hydroxylation is 2. The molecule has 2 fully saturated rings. The van der Waals surface area contributed by atoms with E-state index in [-0.39, 0.29) is 17.6 Å². The van der Waals surface area contributed by atoms with E-state index in [4.69, 9.17) is 0 Å². The van der Waals surface area contributed by atoms with E-state index in [1.54, 1.807) is 0 Å². The molecule has 1 saturated heterocycles. The van der Waals surface area contributed by atoms with Gasteiger partial charge in [-0.25, -0.2) is 4.79 Å². The van der Waals surface area contributed by atoms with Gasteiger partial charge in [0.05, 0.1) is 6.10 Å². The van der Waals surface area contributed by atoms with Crippen LogP contribution >= 0.6 is 0 Å². The Morgan fingerprint density at radius 2 is 2.19 bits per heavy atom. The standard InChI is InChI=1S/C17H24N2O2/c1-11-4-5-15(12(2)6-11)18-16(21)19-9-13-7-14(20)8-17(13,3)10-19/h4-6,13-14,20H,7-10H2,1-3H3,(H,18,21)/t13-,14?,17+/m0/s1. The molecule has 1 aliphatic heterocycles. The number of amides is 2. The number of carbonyl (C=O) groups excluding carboxylic acids is 1. The second kappa shape index (κ2) is 5.02. The van der Waals surface area contributed by atoms with Crippen LogP contribution in [0.4, 0.5) is 10.5 Å². The lowest BCUT2D eigenvalue weighted by atomic mass is 9.83. The molecule has 4 nitrogen and oxygen atoms in total. The minimum Gasteiger partial charge on any atom is -0.393 e. The van der Waals surface area contributed by atoms with Crippen LogP contribution in [-0.4, -0.2) is 35.2 Å². The van der Waals surface area contributed by atoms with Crippen molar-refractivity contribution in [1.29, 1.82) is 0 Å². The smallest absolute Gasteiger partial charge is 0.321 e. The maximum Gasteiger partial charge on any atom is 0.321 e. The number of fused-ring (bicyclic) bond motifs is 1. The fraction of sp³-hybridized carbons (Fsp3) is 0.588. The van der Waals surface area contributed by atoms with Crippen molar-refractivity contribution in [3.05, 3.63) is 29.3 Å². The first-order chi connectivity index (χ1) is 9.87. The molecule has 0 spiro atoms. The molecule has 3 atom stereocenters. The Balaban J connectivity index is 1.68. The number of urea groups is 1. The van der Waals surface area contributed by atoms with Gasteiger partial charge in [-0.3, -0.25) is 0 Å². The number of aliphatic hydroxyl groups excluding tert-OH is 1. The van der Waals surface area contributed by atoms with E-state index in [9.17, 15) is 9.90 Å². The zero-order chi connectivity index (χ0) is 15.2. The van der Waals surface area contributed by atoms with Crippen LogP contribution in [0.15, 0.2) is 18.2 Å². The van der Waals surface area contributed by atoms with Crippen molar-refractivity contribution in [3.8, 4) is 0 Å². The number of nitrogens with zero attached hydrogens (tertiary/aromatic N) is 1. The number of rotatable bonds is 1. The maximum absolute atomic E-state index is 12.5. The third-order valence-corrected chi connectivity index (χ3v) is 5.15. The molecule has 2 aliphatic rings. The highest BCUT2D eigenvalue weighted by atomic mass is 16.3. The number of hydrogen-bond donors (Lipinski definition) is 2. The topological polar surface area (TPSA) is 52.6 Å². The summed E-state index contributed by atoms with van der Waals surface area (Å²) in [5, 5.41) is 12.8.